The quantitative estimate of drug-likeness (QED) is 0.908. The van der Waals surface area contributed by atoms with Crippen LogP contribution in [-0.4, -0.2) is 23.5 Å². The highest BCUT2D eigenvalue weighted by molar-refractivity contribution is 9.10. The molecule has 94 valence electrons. The number of halogens is 1. The van der Waals surface area contributed by atoms with Gasteiger partial charge in [-0.2, -0.15) is 11.8 Å². The minimum absolute atomic E-state index is 0.0690. The summed E-state index contributed by atoms with van der Waals surface area (Å²) in [6.45, 7) is 0. The third-order valence-corrected chi connectivity index (χ3v) is 6.14. The van der Waals surface area contributed by atoms with Crippen LogP contribution in [0.5, 0.6) is 0 Å². The smallest absolute Gasteiger partial charge is 0.262 e. The van der Waals surface area contributed by atoms with Crippen molar-refractivity contribution in [2.45, 2.75) is 37.0 Å². The van der Waals surface area contributed by atoms with Crippen LogP contribution < -0.4 is 5.32 Å². The van der Waals surface area contributed by atoms with Gasteiger partial charge in [-0.15, -0.1) is 11.3 Å². The van der Waals surface area contributed by atoms with E-state index in [-0.39, 0.29) is 5.91 Å². The number of nitrogens with one attached hydrogen (secondary N) is 1. The molecular weight excluding hydrogens is 318 g/mol. The first-order chi connectivity index (χ1) is 8.20. The average Bonchev–Trinajstić information content (AvgIpc) is 2.76. The summed E-state index contributed by atoms with van der Waals surface area (Å²) in [6.07, 6.45) is 6.84. The van der Waals surface area contributed by atoms with E-state index in [2.05, 4.69) is 27.5 Å². The summed E-state index contributed by atoms with van der Waals surface area (Å²) in [4.78, 5) is 12.8. The zero-order valence-corrected chi connectivity index (χ0v) is 13.0. The van der Waals surface area contributed by atoms with Gasteiger partial charge in [0.25, 0.3) is 5.91 Å². The monoisotopic (exact) mass is 333 g/mol. The summed E-state index contributed by atoms with van der Waals surface area (Å²) in [5.41, 5.74) is 0. The lowest BCUT2D eigenvalue weighted by atomic mass is 9.95. The molecule has 1 saturated carbocycles. The van der Waals surface area contributed by atoms with Crippen LogP contribution in [0.25, 0.3) is 0 Å². The molecule has 1 heterocycles. The minimum atomic E-state index is 0.0690. The van der Waals surface area contributed by atoms with Gasteiger partial charge in [-0.3, -0.25) is 4.79 Å². The lowest BCUT2D eigenvalue weighted by Gasteiger charge is -2.27. The molecule has 0 radical (unpaired) electrons. The van der Waals surface area contributed by atoms with Crippen molar-refractivity contribution in [3.8, 4) is 0 Å². The average molecular weight is 334 g/mol. The van der Waals surface area contributed by atoms with Crippen molar-refractivity contribution in [1.29, 1.82) is 0 Å². The Bertz CT molecular complexity index is 386. The molecule has 1 aromatic rings. The van der Waals surface area contributed by atoms with Gasteiger partial charge in [0.05, 0.1) is 0 Å². The van der Waals surface area contributed by atoms with Crippen molar-refractivity contribution in [3.63, 3.8) is 0 Å². The molecular formula is C12H16BrNOS2. The fourth-order valence-electron chi connectivity index (χ4n) is 2.15. The second-order valence-electron chi connectivity index (χ2n) is 4.28. The molecule has 1 aromatic heterocycles. The second-order valence-corrected chi connectivity index (χ2v) is 7.19. The molecule has 1 fully saturated rings. The van der Waals surface area contributed by atoms with Crippen LogP contribution in [0.4, 0.5) is 0 Å². The maximum absolute atomic E-state index is 12.0. The summed E-state index contributed by atoms with van der Waals surface area (Å²) in [5.74, 6) is 0.0690. The van der Waals surface area contributed by atoms with Crippen molar-refractivity contribution in [1.82, 2.24) is 5.32 Å². The standard InChI is InChI=1S/C12H16BrNOS2/c1-16-9-4-2-8(3-5-9)14-12(15)11-10(13)6-7-17-11/h6-9H,2-5H2,1H3,(H,14,15). The molecule has 1 aliphatic rings. The van der Waals surface area contributed by atoms with Crippen molar-refractivity contribution in [2.24, 2.45) is 0 Å². The first-order valence-corrected chi connectivity index (χ1v) is 8.73. The summed E-state index contributed by atoms with van der Waals surface area (Å²) in [7, 11) is 0. The molecule has 0 atom stereocenters. The van der Waals surface area contributed by atoms with Crippen molar-refractivity contribution >= 4 is 44.9 Å². The molecule has 17 heavy (non-hydrogen) atoms. The second kappa shape index (κ2) is 6.25. The van der Waals surface area contributed by atoms with Gasteiger partial charge >= 0.3 is 0 Å². The van der Waals surface area contributed by atoms with E-state index in [1.165, 1.54) is 24.2 Å². The highest BCUT2D eigenvalue weighted by Crippen LogP contribution is 2.28. The van der Waals surface area contributed by atoms with Crippen LogP contribution in [-0.2, 0) is 0 Å². The normalized spacial score (nSPS) is 24.6. The van der Waals surface area contributed by atoms with E-state index in [9.17, 15) is 4.79 Å². The zero-order chi connectivity index (χ0) is 12.3. The molecule has 1 aliphatic carbocycles. The van der Waals surface area contributed by atoms with Gasteiger partial charge < -0.3 is 5.32 Å². The van der Waals surface area contributed by atoms with E-state index in [0.29, 0.717) is 6.04 Å². The van der Waals surface area contributed by atoms with Gasteiger partial charge in [-0.25, -0.2) is 0 Å². The molecule has 0 unspecified atom stereocenters. The Morgan fingerprint density at radius 2 is 2.18 bits per heavy atom. The molecule has 0 bridgehead atoms. The van der Waals surface area contributed by atoms with Gasteiger partial charge in [0.2, 0.25) is 0 Å². The van der Waals surface area contributed by atoms with Gasteiger partial charge in [0.15, 0.2) is 0 Å². The number of thioether (sulfide) groups is 1. The number of thiophene rings is 1. The van der Waals surface area contributed by atoms with E-state index in [4.69, 9.17) is 0 Å². The highest BCUT2D eigenvalue weighted by Gasteiger charge is 2.23. The molecule has 0 spiro atoms. The number of hydrogen-bond donors (Lipinski definition) is 1. The predicted molar refractivity (Wildman–Crippen MR) is 79.0 cm³/mol. The van der Waals surface area contributed by atoms with Crippen LogP contribution in [0.15, 0.2) is 15.9 Å². The molecule has 1 N–H and O–H groups in total. The summed E-state index contributed by atoms with van der Waals surface area (Å²) in [5, 5.41) is 5.86. The van der Waals surface area contributed by atoms with E-state index in [1.807, 2.05) is 23.2 Å². The van der Waals surface area contributed by atoms with Crippen LogP contribution in [0, 0.1) is 0 Å². The third-order valence-electron chi connectivity index (χ3n) is 3.17. The Kier molecular flexibility index (Phi) is 4.94. The van der Waals surface area contributed by atoms with Crippen molar-refractivity contribution in [3.05, 3.63) is 20.8 Å². The molecule has 2 rings (SSSR count). The lowest BCUT2D eigenvalue weighted by molar-refractivity contribution is 0.0931. The number of rotatable bonds is 3. The molecule has 0 aliphatic heterocycles. The van der Waals surface area contributed by atoms with Crippen molar-refractivity contribution in [2.75, 3.05) is 6.26 Å². The third kappa shape index (κ3) is 3.48. The highest BCUT2D eigenvalue weighted by atomic mass is 79.9. The van der Waals surface area contributed by atoms with Crippen LogP contribution >= 0.6 is 39.0 Å². The minimum Gasteiger partial charge on any atom is -0.349 e. The lowest BCUT2D eigenvalue weighted by Crippen LogP contribution is -2.37. The van der Waals surface area contributed by atoms with Gasteiger partial charge in [-0.05, 0) is 59.3 Å². The summed E-state index contributed by atoms with van der Waals surface area (Å²) >= 11 is 6.84. The Hall–Kier alpha value is -0.000000000000000111. The molecule has 0 saturated heterocycles. The van der Waals surface area contributed by atoms with E-state index < -0.39 is 0 Å². The number of amides is 1. The zero-order valence-electron chi connectivity index (χ0n) is 9.74. The molecule has 0 aromatic carbocycles. The van der Waals surface area contributed by atoms with Crippen molar-refractivity contribution < 1.29 is 4.79 Å². The van der Waals surface area contributed by atoms with E-state index in [1.54, 1.807) is 0 Å². The van der Waals surface area contributed by atoms with Crippen LogP contribution in [0.1, 0.15) is 35.4 Å². The van der Waals surface area contributed by atoms with Gasteiger partial charge in [-0.1, -0.05) is 0 Å². The number of carbonyl (C=O) groups excluding carboxylic acids is 1. The number of hydrogen-bond acceptors (Lipinski definition) is 3. The Morgan fingerprint density at radius 3 is 2.71 bits per heavy atom. The topological polar surface area (TPSA) is 29.1 Å². The predicted octanol–water partition coefficient (Wildman–Crippen LogP) is 3.91. The first-order valence-electron chi connectivity index (χ1n) is 5.77. The fourth-order valence-corrected chi connectivity index (χ4v) is 4.35. The Labute approximate surface area is 119 Å². The Balaban J connectivity index is 1.86. The summed E-state index contributed by atoms with van der Waals surface area (Å²) < 4.78 is 0.901. The van der Waals surface area contributed by atoms with Crippen LogP contribution in [0.2, 0.25) is 0 Å². The van der Waals surface area contributed by atoms with E-state index in [0.717, 1.165) is 27.4 Å². The maximum Gasteiger partial charge on any atom is 0.262 e. The molecule has 1 amide bonds. The maximum atomic E-state index is 12.0. The first kappa shape index (κ1) is 13.4. The van der Waals surface area contributed by atoms with Gasteiger partial charge in [0, 0.05) is 15.8 Å². The largest absolute Gasteiger partial charge is 0.349 e. The van der Waals surface area contributed by atoms with Gasteiger partial charge in [0.1, 0.15) is 4.88 Å². The van der Waals surface area contributed by atoms with Crippen LogP contribution in [0.3, 0.4) is 0 Å². The Morgan fingerprint density at radius 1 is 1.47 bits per heavy atom. The SMILES string of the molecule is CSC1CCC(NC(=O)c2sccc2Br)CC1. The summed E-state index contributed by atoms with van der Waals surface area (Å²) in [6, 6.07) is 2.28. The molecule has 2 nitrogen and oxygen atoms in total. The van der Waals surface area contributed by atoms with E-state index >= 15 is 0 Å². The fraction of sp³-hybridized carbons (Fsp3) is 0.583. The number of carbonyl (C=O) groups is 1. The molecule has 5 heteroatoms.